The second-order valence-electron chi connectivity index (χ2n) is 9.10. The summed E-state index contributed by atoms with van der Waals surface area (Å²) >= 11 is 0. The molecule has 0 saturated carbocycles. The Bertz CT molecular complexity index is 1240. The first-order valence-electron chi connectivity index (χ1n) is 12.0. The van der Waals surface area contributed by atoms with Crippen LogP contribution in [0.1, 0.15) is 53.8 Å². The summed E-state index contributed by atoms with van der Waals surface area (Å²) < 4.78 is 46.0. The third kappa shape index (κ3) is 4.73. The summed E-state index contributed by atoms with van der Waals surface area (Å²) in [6.07, 6.45) is 7.28. The van der Waals surface area contributed by atoms with E-state index in [2.05, 4.69) is 26.9 Å². The van der Waals surface area contributed by atoms with Crippen molar-refractivity contribution in [1.82, 2.24) is 14.9 Å². The highest BCUT2D eigenvalue weighted by atomic mass is 19.2. The molecule has 1 aromatic carbocycles. The maximum absolute atomic E-state index is 13.8. The first kappa shape index (κ1) is 24.4. The number of oxime groups is 1. The Kier molecular flexibility index (Phi) is 7.02. The van der Waals surface area contributed by atoms with Crippen LogP contribution in [-0.2, 0) is 21.8 Å². The Morgan fingerprint density at radius 3 is 2.69 bits per heavy atom. The van der Waals surface area contributed by atoms with Crippen molar-refractivity contribution in [3.8, 4) is 0 Å². The molecule has 1 unspecified atom stereocenters. The van der Waals surface area contributed by atoms with Crippen molar-refractivity contribution >= 4 is 5.71 Å². The number of ether oxygens (including phenoxy) is 1. The Morgan fingerprint density at radius 1 is 1.14 bits per heavy atom. The van der Waals surface area contributed by atoms with E-state index >= 15 is 0 Å². The van der Waals surface area contributed by atoms with Crippen LogP contribution >= 0.6 is 0 Å². The van der Waals surface area contributed by atoms with E-state index in [1.807, 2.05) is 24.5 Å². The van der Waals surface area contributed by atoms with E-state index in [0.717, 1.165) is 43.6 Å². The molecular weight excluding hydrogens is 469 g/mol. The lowest BCUT2D eigenvalue weighted by Gasteiger charge is -2.41. The average molecular weight is 497 g/mol. The van der Waals surface area contributed by atoms with Crippen LogP contribution in [-0.4, -0.2) is 47.0 Å². The number of fused-ring (bicyclic) bond motifs is 2. The molecule has 0 amide bonds. The number of alkyl halides is 1. The molecule has 4 heterocycles. The summed E-state index contributed by atoms with van der Waals surface area (Å²) in [5.41, 5.74) is 4.09. The number of piperidine rings is 1. The van der Waals surface area contributed by atoms with Crippen LogP contribution in [0.3, 0.4) is 0 Å². The number of likely N-dealkylation sites (tertiary alicyclic amines) is 1. The summed E-state index contributed by atoms with van der Waals surface area (Å²) in [7, 11) is 0. The van der Waals surface area contributed by atoms with Crippen molar-refractivity contribution in [2.75, 3.05) is 26.4 Å². The highest BCUT2D eigenvalue weighted by molar-refractivity contribution is 6.11. The molecule has 3 aromatic rings. The van der Waals surface area contributed by atoms with Gasteiger partial charge in [0.2, 0.25) is 0 Å². The van der Waals surface area contributed by atoms with Crippen LogP contribution in [0.4, 0.5) is 13.2 Å². The SMILES string of the molecule is CC(c1ccc(/C(=N/OCCF)c2ccc(F)c(F)c2)nc1)N1CCC2(CC1)OCc1ccncc12. The van der Waals surface area contributed by atoms with E-state index in [1.165, 1.54) is 17.2 Å². The number of benzene rings is 1. The maximum atomic E-state index is 13.8. The van der Waals surface area contributed by atoms with Crippen LogP contribution in [0.2, 0.25) is 0 Å². The van der Waals surface area contributed by atoms with Gasteiger partial charge in [-0.2, -0.15) is 0 Å². The van der Waals surface area contributed by atoms with Crippen LogP contribution in [0.5, 0.6) is 0 Å². The van der Waals surface area contributed by atoms with Crippen molar-refractivity contribution in [2.45, 2.75) is 38.0 Å². The fourth-order valence-electron chi connectivity index (χ4n) is 4.98. The van der Waals surface area contributed by atoms with Gasteiger partial charge in [0.05, 0.1) is 17.9 Å². The van der Waals surface area contributed by atoms with Gasteiger partial charge in [-0.3, -0.25) is 14.9 Å². The average Bonchev–Trinajstić information content (AvgIpc) is 3.26. The van der Waals surface area contributed by atoms with Gasteiger partial charge in [-0.15, -0.1) is 0 Å². The Labute approximate surface area is 207 Å². The van der Waals surface area contributed by atoms with Crippen molar-refractivity contribution in [3.05, 3.63) is 94.6 Å². The lowest BCUT2D eigenvalue weighted by atomic mass is 9.84. The Morgan fingerprint density at radius 2 is 1.97 bits per heavy atom. The summed E-state index contributed by atoms with van der Waals surface area (Å²) in [6.45, 7) is 3.54. The molecule has 2 aliphatic heterocycles. The molecule has 36 heavy (non-hydrogen) atoms. The van der Waals surface area contributed by atoms with Crippen molar-refractivity contribution in [3.63, 3.8) is 0 Å². The molecule has 188 valence electrons. The van der Waals surface area contributed by atoms with E-state index in [-0.39, 0.29) is 29.5 Å². The quantitative estimate of drug-likeness (QED) is 0.260. The number of rotatable bonds is 7. The zero-order valence-corrected chi connectivity index (χ0v) is 20.0. The fourth-order valence-corrected chi connectivity index (χ4v) is 4.98. The molecule has 1 fully saturated rings. The number of aromatic nitrogens is 2. The second kappa shape index (κ2) is 10.4. The number of halogens is 3. The van der Waals surface area contributed by atoms with Crippen molar-refractivity contribution in [2.24, 2.45) is 5.16 Å². The van der Waals surface area contributed by atoms with Crippen molar-refractivity contribution < 1.29 is 22.7 Å². The van der Waals surface area contributed by atoms with E-state index in [9.17, 15) is 13.2 Å². The van der Waals surface area contributed by atoms with E-state index in [0.29, 0.717) is 12.3 Å². The minimum Gasteiger partial charge on any atom is -0.392 e. The first-order chi connectivity index (χ1) is 17.5. The van der Waals surface area contributed by atoms with Gasteiger partial charge in [0.25, 0.3) is 0 Å². The molecule has 9 heteroatoms. The smallest absolute Gasteiger partial charge is 0.159 e. The van der Waals surface area contributed by atoms with E-state index in [4.69, 9.17) is 9.57 Å². The molecule has 1 spiro atoms. The summed E-state index contributed by atoms with van der Waals surface area (Å²) in [6, 6.07) is 9.27. The molecule has 0 N–H and O–H groups in total. The standard InChI is InChI=1S/C27H27F3N4O2/c1-18(34-11-7-27(8-12-34)22-16-31-10-6-21(22)17-35-27)20-3-5-25(32-15-20)26(33-36-13-9-28)19-2-4-23(29)24(30)14-19/h2-6,10,14-16,18H,7-9,11-13,17H2,1H3/b33-26+. The molecular formula is C27H27F3N4O2. The monoisotopic (exact) mass is 496 g/mol. The number of pyridine rings is 2. The van der Waals surface area contributed by atoms with Gasteiger partial charge in [0, 0.05) is 48.8 Å². The molecule has 1 atom stereocenters. The Hall–Kier alpha value is -3.30. The van der Waals surface area contributed by atoms with Gasteiger partial charge in [-0.1, -0.05) is 11.2 Å². The third-order valence-electron chi connectivity index (χ3n) is 7.09. The minimum absolute atomic E-state index is 0.116. The molecule has 6 nitrogen and oxygen atoms in total. The molecule has 2 aromatic heterocycles. The molecule has 2 aliphatic rings. The largest absolute Gasteiger partial charge is 0.392 e. The third-order valence-corrected chi connectivity index (χ3v) is 7.09. The lowest BCUT2D eigenvalue weighted by Crippen LogP contribution is -2.43. The number of hydrogen-bond donors (Lipinski definition) is 0. The predicted octanol–water partition coefficient (Wildman–Crippen LogP) is 5.08. The Balaban J connectivity index is 1.30. The second-order valence-corrected chi connectivity index (χ2v) is 9.10. The summed E-state index contributed by atoms with van der Waals surface area (Å²) in [5.74, 6) is -1.98. The topological polar surface area (TPSA) is 59.8 Å². The lowest BCUT2D eigenvalue weighted by molar-refractivity contribution is -0.0838. The van der Waals surface area contributed by atoms with Gasteiger partial charge in [0.1, 0.15) is 19.0 Å². The van der Waals surface area contributed by atoms with Gasteiger partial charge in [0.15, 0.2) is 11.6 Å². The normalized spacial score (nSPS) is 18.3. The summed E-state index contributed by atoms with van der Waals surface area (Å²) in [4.78, 5) is 16.2. The van der Waals surface area contributed by atoms with Gasteiger partial charge in [-0.25, -0.2) is 13.2 Å². The van der Waals surface area contributed by atoms with E-state index < -0.39 is 18.3 Å². The van der Waals surface area contributed by atoms with Crippen LogP contribution < -0.4 is 0 Å². The zero-order valence-electron chi connectivity index (χ0n) is 20.0. The fraction of sp³-hybridized carbons (Fsp3) is 0.370. The highest BCUT2D eigenvalue weighted by Gasteiger charge is 2.43. The summed E-state index contributed by atoms with van der Waals surface area (Å²) in [5, 5.41) is 3.94. The van der Waals surface area contributed by atoms with Crippen LogP contribution in [0, 0.1) is 11.6 Å². The van der Waals surface area contributed by atoms with Gasteiger partial charge >= 0.3 is 0 Å². The molecule has 5 rings (SSSR count). The minimum atomic E-state index is -1.01. The highest BCUT2D eigenvalue weighted by Crippen LogP contribution is 2.44. The molecule has 0 bridgehead atoms. The van der Waals surface area contributed by atoms with Gasteiger partial charge in [-0.05, 0) is 61.2 Å². The molecule has 1 saturated heterocycles. The predicted molar refractivity (Wildman–Crippen MR) is 128 cm³/mol. The zero-order chi connectivity index (χ0) is 25.1. The van der Waals surface area contributed by atoms with Crippen LogP contribution in [0.25, 0.3) is 0 Å². The first-order valence-corrected chi connectivity index (χ1v) is 12.0. The maximum Gasteiger partial charge on any atom is 0.159 e. The van der Waals surface area contributed by atoms with Gasteiger partial charge < -0.3 is 9.57 Å². The molecule has 0 radical (unpaired) electrons. The number of hydrogen-bond acceptors (Lipinski definition) is 6. The van der Waals surface area contributed by atoms with Crippen LogP contribution in [0.15, 0.2) is 60.1 Å². The van der Waals surface area contributed by atoms with Crippen molar-refractivity contribution in [1.29, 1.82) is 0 Å². The number of nitrogens with zero attached hydrogens (tertiary/aromatic N) is 4. The van der Waals surface area contributed by atoms with E-state index in [1.54, 1.807) is 12.3 Å². The molecule has 0 aliphatic carbocycles.